The van der Waals surface area contributed by atoms with E-state index < -0.39 is 23.6 Å². The van der Waals surface area contributed by atoms with Crippen LogP contribution < -0.4 is 11.5 Å². The zero-order valence-corrected chi connectivity index (χ0v) is 11.9. The summed E-state index contributed by atoms with van der Waals surface area (Å²) in [6.07, 6.45) is -4.38. The van der Waals surface area contributed by atoms with E-state index in [9.17, 15) is 22.8 Å². The minimum atomic E-state index is -4.45. The molecule has 2 rings (SSSR count). The lowest BCUT2D eigenvalue weighted by Gasteiger charge is -2.11. The van der Waals surface area contributed by atoms with Crippen LogP contribution in [0.25, 0.3) is 0 Å². The number of alkyl halides is 3. The average Bonchev–Trinajstić information content (AvgIpc) is 2.46. The van der Waals surface area contributed by atoms with Crippen molar-refractivity contribution in [2.24, 2.45) is 11.5 Å². The summed E-state index contributed by atoms with van der Waals surface area (Å²) >= 11 is 0. The van der Waals surface area contributed by atoms with Crippen LogP contribution in [0.5, 0.6) is 0 Å². The van der Waals surface area contributed by atoms with Gasteiger partial charge in [-0.3, -0.25) is 9.59 Å². The zero-order chi connectivity index (χ0) is 17.2. The first-order valence-corrected chi connectivity index (χ1v) is 6.57. The van der Waals surface area contributed by atoms with Crippen LogP contribution >= 0.6 is 0 Å². The molecule has 0 aromatic heterocycles. The lowest BCUT2D eigenvalue weighted by molar-refractivity contribution is -0.137. The van der Waals surface area contributed by atoms with Gasteiger partial charge in [0.15, 0.2) is 0 Å². The molecule has 4 nitrogen and oxygen atoms in total. The quantitative estimate of drug-likeness (QED) is 0.906. The second-order valence-corrected chi connectivity index (χ2v) is 4.98. The van der Waals surface area contributed by atoms with Gasteiger partial charge in [-0.15, -0.1) is 0 Å². The molecule has 0 saturated heterocycles. The third-order valence-corrected chi connectivity index (χ3v) is 3.31. The number of carbonyl (C=O) groups is 2. The van der Waals surface area contributed by atoms with Gasteiger partial charge in [0.2, 0.25) is 11.8 Å². The zero-order valence-electron chi connectivity index (χ0n) is 11.9. The van der Waals surface area contributed by atoms with Crippen LogP contribution in [0.2, 0.25) is 0 Å². The fraction of sp³-hybridized carbons (Fsp3) is 0.125. The van der Waals surface area contributed by atoms with Crippen LogP contribution in [-0.4, -0.2) is 11.8 Å². The minimum Gasteiger partial charge on any atom is -0.366 e. The average molecular weight is 322 g/mol. The Hall–Kier alpha value is -2.83. The summed E-state index contributed by atoms with van der Waals surface area (Å²) in [7, 11) is 0. The molecule has 2 aromatic carbocycles. The summed E-state index contributed by atoms with van der Waals surface area (Å²) in [4.78, 5) is 22.6. The molecule has 2 aromatic rings. The van der Waals surface area contributed by atoms with Crippen molar-refractivity contribution in [3.63, 3.8) is 0 Å². The molecular weight excluding hydrogens is 309 g/mol. The maximum Gasteiger partial charge on any atom is 0.416 e. The number of carbonyl (C=O) groups excluding carboxylic acids is 2. The van der Waals surface area contributed by atoms with E-state index in [1.165, 1.54) is 30.3 Å². The molecule has 7 heteroatoms. The Bertz CT molecular complexity index is 770. The topological polar surface area (TPSA) is 86.2 Å². The molecule has 4 N–H and O–H groups in total. The highest BCUT2D eigenvalue weighted by molar-refractivity contribution is 5.99. The van der Waals surface area contributed by atoms with Crippen molar-refractivity contribution in [2.45, 2.75) is 12.6 Å². The normalized spacial score (nSPS) is 11.3. The lowest BCUT2D eigenvalue weighted by Crippen LogP contribution is -2.17. The summed E-state index contributed by atoms with van der Waals surface area (Å²) in [6, 6.07) is 8.88. The summed E-state index contributed by atoms with van der Waals surface area (Å²) in [6.45, 7) is 0. The molecule has 120 valence electrons. The van der Waals surface area contributed by atoms with E-state index in [0.29, 0.717) is 11.1 Å². The highest BCUT2D eigenvalue weighted by atomic mass is 19.4. The number of rotatable bonds is 4. The van der Waals surface area contributed by atoms with E-state index in [1.807, 2.05) is 0 Å². The van der Waals surface area contributed by atoms with Gasteiger partial charge < -0.3 is 11.5 Å². The molecule has 2 amide bonds. The molecule has 23 heavy (non-hydrogen) atoms. The molecule has 0 aliphatic carbocycles. The van der Waals surface area contributed by atoms with Gasteiger partial charge in [0.05, 0.1) is 5.56 Å². The van der Waals surface area contributed by atoms with Crippen molar-refractivity contribution in [1.82, 2.24) is 0 Å². The number of benzene rings is 2. The Morgan fingerprint density at radius 3 is 2.22 bits per heavy atom. The van der Waals surface area contributed by atoms with Gasteiger partial charge in [0, 0.05) is 11.1 Å². The number of primary amides is 2. The number of halogens is 3. The summed E-state index contributed by atoms with van der Waals surface area (Å²) in [5.41, 5.74) is 10.6. The fourth-order valence-corrected chi connectivity index (χ4v) is 2.19. The molecule has 0 radical (unpaired) electrons. The van der Waals surface area contributed by atoms with E-state index in [0.717, 1.165) is 12.1 Å². The maximum absolute atomic E-state index is 12.7. The second kappa shape index (κ2) is 6.12. The number of amides is 2. The van der Waals surface area contributed by atoms with E-state index in [2.05, 4.69) is 0 Å². The van der Waals surface area contributed by atoms with Crippen LogP contribution in [-0.2, 0) is 12.6 Å². The first-order chi connectivity index (χ1) is 10.7. The Kier molecular flexibility index (Phi) is 4.40. The smallest absolute Gasteiger partial charge is 0.366 e. The molecule has 0 bridgehead atoms. The molecule has 0 fully saturated rings. The van der Waals surface area contributed by atoms with Gasteiger partial charge >= 0.3 is 6.18 Å². The van der Waals surface area contributed by atoms with E-state index in [4.69, 9.17) is 11.5 Å². The highest BCUT2D eigenvalue weighted by Gasteiger charge is 2.30. The Balaban J connectivity index is 2.40. The summed E-state index contributed by atoms with van der Waals surface area (Å²) in [5, 5.41) is 0. The fourth-order valence-electron chi connectivity index (χ4n) is 2.19. The summed E-state index contributed by atoms with van der Waals surface area (Å²) < 4.78 is 38.2. The van der Waals surface area contributed by atoms with Crippen LogP contribution in [0.15, 0.2) is 42.5 Å². The summed E-state index contributed by atoms with van der Waals surface area (Å²) in [5.74, 6) is -1.51. The molecule has 0 heterocycles. The Morgan fingerprint density at radius 2 is 1.65 bits per heavy atom. The number of nitrogens with two attached hydrogens (primary N) is 2. The molecule has 0 spiro atoms. The standard InChI is InChI=1S/C16H13F3N2O2/c17-16(18,19)12-3-1-2-9(7-12)6-10-4-5-11(14(20)22)8-13(10)15(21)23/h1-5,7-8H,6H2,(H2,20,22)(H2,21,23). The van der Waals surface area contributed by atoms with Gasteiger partial charge in [0.1, 0.15) is 0 Å². The van der Waals surface area contributed by atoms with Crippen molar-refractivity contribution >= 4 is 11.8 Å². The molecular formula is C16H13F3N2O2. The number of hydrogen-bond donors (Lipinski definition) is 2. The molecule has 0 saturated carbocycles. The molecule has 0 atom stereocenters. The van der Waals surface area contributed by atoms with Gasteiger partial charge in [-0.2, -0.15) is 13.2 Å². The number of hydrogen-bond acceptors (Lipinski definition) is 2. The van der Waals surface area contributed by atoms with Gasteiger partial charge in [0.25, 0.3) is 0 Å². The van der Waals surface area contributed by atoms with Gasteiger partial charge in [-0.05, 0) is 35.7 Å². The van der Waals surface area contributed by atoms with Crippen LogP contribution in [0.1, 0.15) is 37.4 Å². The van der Waals surface area contributed by atoms with Crippen molar-refractivity contribution < 1.29 is 22.8 Å². The third-order valence-electron chi connectivity index (χ3n) is 3.31. The van der Waals surface area contributed by atoms with Crippen molar-refractivity contribution in [3.8, 4) is 0 Å². The lowest BCUT2D eigenvalue weighted by atomic mass is 9.96. The third kappa shape index (κ3) is 3.88. The van der Waals surface area contributed by atoms with Crippen molar-refractivity contribution in [2.75, 3.05) is 0 Å². The first kappa shape index (κ1) is 16.5. The van der Waals surface area contributed by atoms with E-state index >= 15 is 0 Å². The molecule has 0 aliphatic heterocycles. The monoisotopic (exact) mass is 322 g/mol. The maximum atomic E-state index is 12.7. The Morgan fingerprint density at radius 1 is 0.957 bits per heavy atom. The van der Waals surface area contributed by atoms with Crippen LogP contribution in [0.3, 0.4) is 0 Å². The molecule has 0 unspecified atom stereocenters. The minimum absolute atomic E-state index is 0.0544. The Labute approximate surface area is 129 Å². The van der Waals surface area contributed by atoms with Crippen molar-refractivity contribution in [3.05, 3.63) is 70.3 Å². The largest absolute Gasteiger partial charge is 0.416 e. The van der Waals surface area contributed by atoms with E-state index in [1.54, 1.807) is 0 Å². The van der Waals surface area contributed by atoms with Gasteiger partial charge in [-0.25, -0.2) is 0 Å². The SMILES string of the molecule is NC(=O)c1ccc(Cc2cccc(C(F)(F)F)c2)c(C(N)=O)c1. The molecule has 0 aliphatic rings. The highest BCUT2D eigenvalue weighted by Crippen LogP contribution is 2.30. The van der Waals surface area contributed by atoms with Crippen LogP contribution in [0.4, 0.5) is 13.2 Å². The van der Waals surface area contributed by atoms with Gasteiger partial charge in [-0.1, -0.05) is 24.3 Å². The predicted molar refractivity (Wildman–Crippen MR) is 77.7 cm³/mol. The first-order valence-electron chi connectivity index (χ1n) is 6.57. The predicted octanol–water partition coefficient (Wildman–Crippen LogP) is 2.49. The van der Waals surface area contributed by atoms with Crippen LogP contribution in [0, 0.1) is 0 Å². The van der Waals surface area contributed by atoms with E-state index in [-0.39, 0.29) is 17.5 Å². The van der Waals surface area contributed by atoms with Crippen molar-refractivity contribution in [1.29, 1.82) is 0 Å². The second-order valence-electron chi connectivity index (χ2n) is 4.98.